The Labute approximate surface area is 94.2 Å². The van der Waals surface area contributed by atoms with E-state index in [1.807, 2.05) is 6.92 Å². The molecule has 0 radical (unpaired) electrons. The number of likely N-dealkylation sites (N-methyl/N-ethyl adjacent to an activating group) is 1. The lowest BCUT2D eigenvalue weighted by atomic mass is 10.2. The molecule has 1 aliphatic rings. The molecule has 1 N–H and O–H groups in total. The SMILES string of the molecule is CCN[C@H]1CCN(CC(=O)OCC#N)C1=O. The van der Waals surface area contributed by atoms with Gasteiger partial charge in [0, 0.05) is 6.54 Å². The summed E-state index contributed by atoms with van der Waals surface area (Å²) in [5.41, 5.74) is 0. The molecule has 0 spiro atoms. The standard InChI is InChI=1S/C10H15N3O3/c1-2-12-8-3-5-13(10(8)15)7-9(14)16-6-4-11/h8,12H,2-3,5-7H2,1H3/t8-/m0/s1. The van der Waals surface area contributed by atoms with Crippen LogP contribution in [0.3, 0.4) is 0 Å². The Balaban J connectivity index is 2.37. The lowest BCUT2D eigenvalue weighted by molar-refractivity contribution is -0.147. The van der Waals surface area contributed by atoms with Crippen molar-refractivity contribution in [2.45, 2.75) is 19.4 Å². The normalized spacial score (nSPS) is 19.6. The molecule has 1 rings (SSSR count). The molecule has 0 bridgehead atoms. The van der Waals surface area contributed by atoms with Crippen LogP contribution in [0.5, 0.6) is 0 Å². The minimum Gasteiger partial charge on any atom is -0.449 e. The van der Waals surface area contributed by atoms with Crippen molar-refractivity contribution in [3.63, 3.8) is 0 Å². The van der Waals surface area contributed by atoms with E-state index in [1.165, 1.54) is 4.90 Å². The topological polar surface area (TPSA) is 82.4 Å². The molecular weight excluding hydrogens is 210 g/mol. The molecule has 1 amide bonds. The molecule has 0 saturated carbocycles. The summed E-state index contributed by atoms with van der Waals surface area (Å²) in [4.78, 5) is 24.3. The number of carbonyl (C=O) groups excluding carboxylic acids is 2. The molecule has 0 aromatic rings. The van der Waals surface area contributed by atoms with Crippen LogP contribution in [-0.2, 0) is 14.3 Å². The lowest BCUT2D eigenvalue weighted by Crippen LogP contribution is -2.40. The molecule has 1 saturated heterocycles. The zero-order valence-electron chi connectivity index (χ0n) is 9.23. The monoisotopic (exact) mass is 225 g/mol. The van der Waals surface area contributed by atoms with Crippen molar-refractivity contribution >= 4 is 11.9 Å². The Morgan fingerprint density at radius 1 is 1.75 bits per heavy atom. The van der Waals surface area contributed by atoms with Gasteiger partial charge in [0.15, 0.2) is 6.61 Å². The van der Waals surface area contributed by atoms with E-state index in [9.17, 15) is 9.59 Å². The third kappa shape index (κ3) is 3.21. The smallest absolute Gasteiger partial charge is 0.326 e. The van der Waals surface area contributed by atoms with E-state index in [-0.39, 0.29) is 25.1 Å². The summed E-state index contributed by atoms with van der Waals surface area (Å²) in [6.45, 7) is 2.87. The fraction of sp³-hybridized carbons (Fsp3) is 0.700. The van der Waals surface area contributed by atoms with Crippen molar-refractivity contribution in [3.05, 3.63) is 0 Å². The van der Waals surface area contributed by atoms with Gasteiger partial charge in [-0.1, -0.05) is 6.92 Å². The van der Waals surface area contributed by atoms with Crippen LogP contribution in [0.1, 0.15) is 13.3 Å². The third-order valence-corrected chi connectivity index (χ3v) is 2.37. The maximum Gasteiger partial charge on any atom is 0.326 e. The number of ether oxygens (including phenoxy) is 1. The average Bonchev–Trinajstić information content (AvgIpc) is 2.59. The third-order valence-electron chi connectivity index (χ3n) is 2.37. The van der Waals surface area contributed by atoms with Gasteiger partial charge in [0.2, 0.25) is 5.91 Å². The van der Waals surface area contributed by atoms with Gasteiger partial charge in [-0.05, 0) is 13.0 Å². The Bertz CT molecular complexity index is 311. The van der Waals surface area contributed by atoms with Gasteiger partial charge in [-0.2, -0.15) is 5.26 Å². The number of rotatable bonds is 5. The second-order valence-electron chi connectivity index (χ2n) is 3.48. The first kappa shape index (κ1) is 12.5. The summed E-state index contributed by atoms with van der Waals surface area (Å²) in [5, 5.41) is 11.3. The van der Waals surface area contributed by atoms with Gasteiger partial charge in [0.1, 0.15) is 12.6 Å². The molecule has 0 unspecified atom stereocenters. The first-order valence-electron chi connectivity index (χ1n) is 5.23. The molecule has 1 fully saturated rings. The van der Waals surface area contributed by atoms with E-state index in [4.69, 9.17) is 5.26 Å². The zero-order valence-corrected chi connectivity index (χ0v) is 9.23. The highest BCUT2D eigenvalue weighted by Crippen LogP contribution is 2.10. The summed E-state index contributed by atoms with van der Waals surface area (Å²) in [5.74, 6) is -0.609. The summed E-state index contributed by atoms with van der Waals surface area (Å²) in [6.07, 6.45) is 0.707. The minimum absolute atomic E-state index is 0.0671. The molecular formula is C10H15N3O3. The quantitative estimate of drug-likeness (QED) is 0.623. The Morgan fingerprint density at radius 2 is 2.50 bits per heavy atom. The van der Waals surface area contributed by atoms with Gasteiger partial charge in [0.05, 0.1) is 6.04 Å². The Kier molecular flexibility index (Phi) is 4.73. The molecule has 0 aromatic carbocycles. The largest absolute Gasteiger partial charge is 0.449 e. The van der Waals surface area contributed by atoms with Crippen LogP contribution < -0.4 is 5.32 Å². The fourth-order valence-electron chi connectivity index (χ4n) is 1.65. The number of nitriles is 1. The first-order valence-corrected chi connectivity index (χ1v) is 5.23. The van der Waals surface area contributed by atoms with Crippen LogP contribution in [0.25, 0.3) is 0 Å². The van der Waals surface area contributed by atoms with Crippen molar-refractivity contribution in [2.24, 2.45) is 0 Å². The fourth-order valence-corrected chi connectivity index (χ4v) is 1.65. The van der Waals surface area contributed by atoms with Gasteiger partial charge in [0.25, 0.3) is 0 Å². The van der Waals surface area contributed by atoms with Crippen molar-refractivity contribution < 1.29 is 14.3 Å². The van der Waals surface area contributed by atoms with E-state index in [1.54, 1.807) is 6.07 Å². The number of nitrogens with zero attached hydrogens (tertiary/aromatic N) is 2. The summed E-state index contributed by atoms with van der Waals surface area (Å²) >= 11 is 0. The van der Waals surface area contributed by atoms with Crippen molar-refractivity contribution in [1.82, 2.24) is 10.2 Å². The summed E-state index contributed by atoms with van der Waals surface area (Å²) in [7, 11) is 0. The van der Waals surface area contributed by atoms with Crippen LogP contribution in [0, 0.1) is 11.3 Å². The molecule has 88 valence electrons. The van der Waals surface area contributed by atoms with E-state index in [0.717, 1.165) is 6.54 Å². The minimum atomic E-state index is -0.535. The van der Waals surface area contributed by atoms with Gasteiger partial charge in [-0.3, -0.25) is 9.59 Å². The summed E-state index contributed by atoms with van der Waals surface area (Å²) in [6, 6.07) is 1.52. The van der Waals surface area contributed by atoms with E-state index in [2.05, 4.69) is 10.1 Å². The molecule has 1 atom stereocenters. The molecule has 6 nitrogen and oxygen atoms in total. The predicted octanol–water partition coefficient (Wildman–Crippen LogP) is -0.736. The van der Waals surface area contributed by atoms with Gasteiger partial charge in [-0.25, -0.2) is 0 Å². The number of carbonyl (C=O) groups is 2. The lowest BCUT2D eigenvalue weighted by Gasteiger charge is -2.15. The highest BCUT2D eigenvalue weighted by molar-refractivity contribution is 5.87. The molecule has 1 aliphatic heterocycles. The average molecular weight is 225 g/mol. The molecule has 1 heterocycles. The van der Waals surface area contributed by atoms with E-state index < -0.39 is 5.97 Å². The van der Waals surface area contributed by atoms with Crippen LogP contribution >= 0.6 is 0 Å². The van der Waals surface area contributed by atoms with Crippen molar-refractivity contribution in [3.8, 4) is 6.07 Å². The van der Waals surface area contributed by atoms with Crippen LogP contribution in [0.2, 0.25) is 0 Å². The molecule has 0 aromatic heterocycles. The maximum atomic E-state index is 11.7. The van der Waals surface area contributed by atoms with Crippen LogP contribution in [0.15, 0.2) is 0 Å². The molecule has 6 heteroatoms. The first-order chi connectivity index (χ1) is 7.69. The number of amides is 1. The van der Waals surface area contributed by atoms with Gasteiger partial charge >= 0.3 is 5.97 Å². The van der Waals surface area contributed by atoms with Crippen LogP contribution in [0.4, 0.5) is 0 Å². The number of hydrogen-bond donors (Lipinski definition) is 1. The molecule has 0 aliphatic carbocycles. The van der Waals surface area contributed by atoms with Crippen molar-refractivity contribution in [1.29, 1.82) is 5.26 Å². The number of likely N-dealkylation sites (tertiary alicyclic amines) is 1. The molecule has 16 heavy (non-hydrogen) atoms. The highest BCUT2D eigenvalue weighted by Gasteiger charge is 2.32. The predicted molar refractivity (Wildman–Crippen MR) is 55.2 cm³/mol. The van der Waals surface area contributed by atoms with E-state index >= 15 is 0 Å². The Hall–Kier alpha value is -1.61. The summed E-state index contributed by atoms with van der Waals surface area (Å²) < 4.78 is 4.58. The maximum absolute atomic E-state index is 11.7. The van der Waals surface area contributed by atoms with E-state index in [0.29, 0.717) is 13.0 Å². The number of esters is 1. The zero-order chi connectivity index (χ0) is 12.0. The number of nitrogens with one attached hydrogen (secondary N) is 1. The second-order valence-corrected chi connectivity index (χ2v) is 3.48. The van der Waals surface area contributed by atoms with Crippen LogP contribution in [-0.4, -0.2) is 49.1 Å². The number of hydrogen-bond acceptors (Lipinski definition) is 5. The van der Waals surface area contributed by atoms with Gasteiger partial charge in [-0.15, -0.1) is 0 Å². The Morgan fingerprint density at radius 3 is 3.12 bits per heavy atom. The van der Waals surface area contributed by atoms with Gasteiger partial charge < -0.3 is 15.0 Å². The highest BCUT2D eigenvalue weighted by atomic mass is 16.5. The second kappa shape index (κ2) is 6.08. The van der Waals surface area contributed by atoms with Crippen molar-refractivity contribution in [2.75, 3.05) is 26.2 Å².